The molecule has 0 aliphatic heterocycles. The van der Waals surface area contributed by atoms with E-state index in [9.17, 15) is 19.0 Å². The largest absolute Gasteiger partial charge is 0.480 e. The Morgan fingerprint density at radius 2 is 0.917 bits per heavy atom. The van der Waals surface area contributed by atoms with E-state index in [1.807, 2.05) is 0 Å². The van der Waals surface area contributed by atoms with Crippen molar-refractivity contribution in [1.29, 1.82) is 0 Å². The molecule has 0 aromatic carbocycles. The van der Waals surface area contributed by atoms with Gasteiger partial charge < -0.3 is 25.2 Å². The van der Waals surface area contributed by atoms with Crippen LogP contribution in [0, 0.1) is 0 Å². The molecule has 0 amide bonds. The maximum absolute atomic E-state index is 12.6. The van der Waals surface area contributed by atoms with Crippen LogP contribution in [0.2, 0.25) is 0 Å². The average Bonchev–Trinajstić information content (AvgIpc) is 3.23. The normalized spacial score (nSPS) is 14.1. The summed E-state index contributed by atoms with van der Waals surface area (Å²) >= 11 is 0. The zero-order valence-corrected chi connectivity index (χ0v) is 39.5. The number of phosphoric acid groups is 1. The zero-order chi connectivity index (χ0) is 44.0. The van der Waals surface area contributed by atoms with Crippen LogP contribution < -0.4 is 5.73 Å². The van der Waals surface area contributed by atoms with Crippen LogP contribution in [-0.4, -0.2) is 60.5 Å². The highest BCUT2D eigenvalue weighted by Gasteiger charge is 2.27. The second-order valence-corrected chi connectivity index (χ2v) is 18.0. The average molecular weight is 870 g/mol. The molecule has 60 heavy (non-hydrogen) atoms. The second-order valence-electron chi connectivity index (χ2n) is 16.6. The minimum absolute atomic E-state index is 0.0142. The molecular formula is C49H92NO9P. The summed E-state index contributed by atoms with van der Waals surface area (Å²) < 4.78 is 33.4. The maximum Gasteiger partial charge on any atom is 0.472 e. The fourth-order valence-electron chi connectivity index (χ4n) is 6.81. The number of ether oxygens (including phenoxy) is 2. The lowest BCUT2D eigenvalue weighted by molar-refractivity contribution is -0.154. The number of unbranched alkanes of at least 4 members (excludes halogenated alkanes) is 27. The van der Waals surface area contributed by atoms with Crippen molar-refractivity contribution in [3.8, 4) is 0 Å². The number of allylic oxidation sites excluding steroid dienone is 6. The minimum Gasteiger partial charge on any atom is -0.480 e. The predicted octanol–water partition coefficient (Wildman–Crippen LogP) is 14.0. The molecule has 11 heteroatoms. The Kier molecular flexibility index (Phi) is 43.9. The third-order valence-electron chi connectivity index (χ3n) is 10.6. The van der Waals surface area contributed by atoms with Gasteiger partial charge in [0, 0.05) is 13.0 Å². The lowest BCUT2D eigenvalue weighted by atomic mass is 10.0. The molecule has 0 saturated carbocycles. The topological polar surface area (TPSA) is 155 Å². The predicted molar refractivity (Wildman–Crippen MR) is 249 cm³/mol. The summed E-state index contributed by atoms with van der Waals surface area (Å²) in [5.41, 5.74) is 5.36. The summed E-state index contributed by atoms with van der Waals surface area (Å²) in [6.07, 6.45) is 52.0. The van der Waals surface area contributed by atoms with Crippen LogP contribution in [-0.2, 0) is 32.7 Å². The van der Waals surface area contributed by atoms with Crippen LogP contribution in [0.4, 0.5) is 0 Å². The van der Waals surface area contributed by atoms with Gasteiger partial charge in [-0.3, -0.25) is 18.6 Å². The fraction of sp³-hybridized carbons (Fsp3) is 0.837. The van der Waals surface area contributed by atoms with Gasteiger partial charge in [0.2, 0.25) is 0 Å². The Morgan fingerprint density at radius 1 is 0.533 bits per heavy atom. The number of hydrogen-bond donors (Lipinski definition) is 3. The van der Waals surface area contributed by atoms with Crippen molar-refractivity contribution in [3.63, 3.8) is 0 Å². The van der Waals surface area contributed by atoms with Gasteiger partial charge in [0.1, 0.15) is 12.1 Å². The van der Waals surface area contributed by atoms with Crippen LogP contribution >= 0.6 is 7.82 Å². The molecular weight excluding hydrogens is 778 g/mol. The van der Waals surface area contributed by atoms with Gasteiger partial charge in [-0.25, -0.2) is 4.57 Å². The van der Waals surface area contributed by atoms with Crippen LogP contribution in [0.15, 0.2) is 36.5 Å². The van der Waals surface area contributed by atoms with E-state index in [4.69, 9.17) is 29.4 Å². The number of rotatable bonds is 47. The first kappa shape index (κ1) is 58.2. The smallest absolute Gasteiger partial charge is 0.472 e. The van der Waals surface area contributed by atoms with Crippen molar-refractivity contribution >= 4 is 19.8 Å². The highest BCUT2D eigenvalue weighted by atomic mass is 31.2. The molecule has 3 unspecified atom stereocenters. The third kappa shape index (κ3) is 44.3. The first-order valence-electron chi connectivity index (χ1n) is 24.5. The summed E-state index contributed by atoms with van der Waals surface area (Å²) in [5.74, 6) is -1.78. The van der Waals surface area contributed by atoms with Crippen LogP contribution in [0.25, 0.3) is 0 Å². The summed E-state index contributed by atoms with van der Waals surface area (Å²) in [5, 5.41) is 8.91. The number of carboxylic acids is 1. The number of aliphatic carboxylic acids is 1. The molecule has 4 N–H and O–H groups in total. The molecule has 0 aromatic rings. The Balaban J connectivity index is 4.11. The van der Waals surface area contributed by atoms with Gasteiger partial charge >= 0.3 is 19.8 Å². The Labute approximate surface area is 367 Å². The standard InChI is InChI=1S/C49H92NO9P/c1-3-5-7-9-11-13-15-17-19-20-21-22-23-24-25-26-27-28-30-32-34-36-38-40-42-56-43-46(44-57-60(54,55)58-45-47(50)49(52)53)59-48(51)41-39-37-35-33-31-29-18-16-14-12-10-8-6-4-2/h15-18,20-21,46-47H,3-14,19,22-45,50H2,1-2H3,(H,52,53)(H,54,55)/b17-15-,18-16-,21-20-. The van der Waals surface area contributed by atoms with Crippen molar-refractivity contribution in [3.05, 3.63) is 36.5 Å². The zero-order valence-electron chi connectivity index (χ0n) is 38.6. The van der Waals surface area contributed by atoms with Gasteiger partial charge in [-0.2, -0.15) is 0 Å². The van der Waals surface area contributed by atoms with Crippen molar-refractivity contribution in [2.45, 2.75) is 238 Å². The second kappa shape index (κ2) is 45.2. The molecule has 0 aliphatic carbocycles. The molecule has 3 atom stereocenters. The Morgan fingerprint density at radius 3 is 1.37 bits per heavy atom. The summed E-state index contributed by atoms with van der Waals surface area (Å²) in [6.45, 7) is 3.87. The quantitative estimate of drug-likeness (QED) is 0.0233. The number of nitrogens with two attached hydrogens (primary N) is 1. The van der Waals surface area contributed by atoms with E-state index in [0.717, 1.165) is 57.8 Å². The lowest BCUT2D eigenvalue weighted by Gasteiger charge is -2.20. The maximum atomic E-state index is 12.6. The molecule has 0 aromatic heterocycles. The lowest BCUT2D eigenvalue weighted by Crippen LogP contribution is -2.34. The van der Waals surface area contributed by atoms with Crippen molar-refractivity contribution in [2.75, 3.05) is 26.4 Å². The van der Waals surface area contributed by atoms with Gasteiger partial charge in [-0.1, -0.05) is 185 Å². The van der Waals surface area contributed by atoms with E-state index in [1.165, 1.54) is 141 Å². The number of phosphoric ester groups is 1. The molecule has 10 nitrogen and oxygen atoms in total. The summed E-state index contributed by atoms with van der Waals surface area (Å²) in [4.78, 5) is 33.6. The Hall–Kier alpha value is -1.81. The molecule has 0 spiro atoms. The van der Waals surface area contributed by atoms with E-state index >= 15 is 0 Å². The number of esters is 1. The summed E-state index contributed by atoms with van der Waals surface area (Å²) in [6, 6.07) is -1.47. The first-order chi connectivity index (χ1) is 29.2. The highest BCUT2D eigenvalue weighted by Crippen LogP contribution is 2.43. The molecule has 0 fully saturated rings. The highest BCUT2D eigenvalue weighted by molar-refractivity contribution is 7.47. The van der Waals surface area contributed by atoms with E-state index in [2.05, 4.69) is 50.3 Å². The Bertz CT molecular complexity index is 1100. The van der Waals surface area contributed by atoms with E-state index < -0.39 is 45.1 Å². The van der Waals surface area contributed by atoms with Crippen LogP contribution in [0.3, 0.4) is 0 Å². The van der Waals surface area contributed by atoms with Crippen LogP contribution in [0.5, 0.6) is 0 Å². The SMILES string of the molecule is CCCCCCC/C=C\C/C=C\CCCCCCCCCCCCCCOCC(COP(=O)(O)OCC(N)C(=O)O)OC(=O)CCCCCCC/C=C\CCCCCCC. The molecule has 0 saturated heterocycles. The van der Waals surface area contributed by atoms with Crippen molar-refractivity contribution < 1.29 is 42.7 Å². The van der Waals surface area contributed by atoms with Gasteiger partial charge in [0.05, 0.1) is 19.8 Å². The fourth-order valence-corrected chi connectivity index (χ4v) is 7.58. The van der Waals surface area contributed by atoms with E-state index in [-0.39, 0.29) is 13.0 Å². The number of carbonyl (C=O) groups is 2. The molecule has 0 radical (unpaired) electrons. The molecule has 352 valence electrons. The first-order valence-corrected chi connectivity index (χ1v) is 26.0. The number of carbonyl (C=O) groups excluding carboxylic acids is 1. The monoisotopic (exact) mass is 870 g/mol. The molecule has 0 rings (SSSR count). The van der Waals surface area contributed by atoms with Gasteiger partial charge in [-0.05, 0) is 70.6 Å². The number of carboxylic acid groups (broad SMARTS) is 1. The van der Waals surface area contributed by atoms with Crippen molar-refractivity contribution in [2.24, 2.45) is 5.73 Å². The van der Waals surface area contributed by atoms with Gasteiger partial charge in [0.15, 0.2) is 0 Å². The molecule has 0 aliphatic rings. The van der Waals surface area contributed by atoms with E-state index in [1.54, 1.807) is 0 Å². The number of hydrogen-bond acceptors (Lipinski definition) is 8. The van der Waals surface area contributed by atoms with E-state index in [0.29, 0.717) is 13.0 Å². The molecule has 0 bridgehead atoms. The van der Waals surface area contributed by atoms with Crippen LogP contribution in [0.1, 0.15) is 226 Å². The minimum atomic E-state index is -4.62. The van der Waals surface area contributed by atoms with Gasteiger partial charge in [-0.15, -0.1) is 0 Å². The summed E-state index contributed by atoms with van der Waals surface area (Å²) in [7, 11) is -4.62. The third-order valence-corrected chi connectivity index (χ3v) is 11.6. The molecule has 0 heterocycles. The van der Waals surface area contributed by atoms with Gasteiger partial charge in [0.25, 0.3) is 0 Å². The van der Waals surface area contributed by atoms with Crippen molar-refractivity contribution in [1.82, 2.24) is 0 Å².